The molecule has 4 rings (SSSR count). The molecule has 1 saturated heterocycles. The standard InChI is InChI=1S/C23H23N3O2/c27-22-19-9-5-4-6-16(19)10-11-20(22)23(28)26-25-21(17-7-2-1-3-8-17)18-12-14-24-15-13-18/h1-11,18,24,27H,12-15H2,(H,26,28). The number of carbonyl (C=O) groups is 1. The molecule has 1 amide bonds. The van der Waals surface area contributed by atoms with E-state index in [9.17, 15) is 9.90 Å². The first kappa shape index (κ1) is 18.2. The summed E-state index contributed by atoms with van der Waals surface area (Å²) in [5, 5.41) is 19.9. The second kappa shape index (κ2) is 8.23. The molecule has 0 unspecified atom stereocenters. The summed E-state index contributed by atoms with van der Waals surface area (Å²) in [6, 6.07) is 20.9. The minimum atomic E-state index is -0.411. The van der Waals surface area contributed by atoms with Gasteiger partial charge in [-0.15, -0.1) is 0 Å². The van der Waals surface area contributed by atoms with Crippen LogP contribution < -0.4 is 10.7 Å². The van der Waals surface area contributed by atoms with Crippen molar-refractivity contribution >= 4 is 22.4 Å². The lowest BCUT2D eigenvalue weighted by Gasteiger charge is -2.24. The predicted molar refractivity (Wildman–Crippen MR) is 112 cm³/mol. The minimum absolute atomic E-state index is 0.0195. The van der Waals surface area contributed by atoms with Gasteiger partial charge in [0.25, 0.3) is 5.91 Å². The predicted octanol–water partition coefficient (Wildman–Crippen LogP) is 3.68. The molecule has 1 aliphatic rings. The van der Waals surface area contributed by atoms with Gasteiger partial charge in [0.15, 0.2) is 0 Å². The summed E-state index contributed by atoms with van der Waals surface area (Å²) < 4.78 is 0. The molecule has 3 N–H and O–H groups in total. The van der Waals surface area contributed by atoms with Gasteiger partial charge in [-0.2, -0.15) is 5.10 Å². The lowest BCUT2D eigenvalue weighted by Crippen LogP contribution is -2.33. The van der Waals surface area contributed by atoms with E-state index in [1.54, 1.807) is 12.1 Å². The van der Waals surface area contributed by atoms with Crippen molar-refractivity contribution in [1.82, 2.24) is 10.7 Å². The van der Waals surface area contributed by atoms with Gasteiger partial charge in [-0.1, -0.05) is 60.7 Å². The maximum atomic E-state index is 12.7. The number of hydrogen-bond donors (Lipinski definition) is 3. The van der Waals surface area contributed by atoms with Crippen LogP contribution in [0.4, 0.5) is 0 Å². The second-order valence-electron chi connectivity index (χ2n) is 7.01. The summed E-state index contributed by atoms with van der Waals surface area (Å²) >= 11 is 0. The molecule has 0 bridgehead atoms. The topological polar surface area (TPSA) is 73.7 Å². The van der Waals surface area contributed by atoms with E-state index in [1.807, 2.05) is 54.6 Å². The summed E-state index contributed by atoms with van der Waals surface area (Å²) in [4.78, 5) is 12.7. The lowest BCUT2D eigenvalue weighted by molar-refractivity contribution is 0.0952. The number of benzene rings is 3. The smallest absolute Gasteiger partial charge is 0.275 e. The number of aromatic hydroxyl groups is 1. The number of piperidine rings is 1. The molecule has 142 valence electrons. The molecule has 3 aromatic carbocycles. The summed E-state index contributed by atoms with van der Waals surface area (Å²) in [5.41, 5.74) is 4.79. The van der Waals surface area contributed by atoms with Gasteiger partial charge in [0.1, 0.15) is 5.75 Å². The van der Waals surface area contributed by atoms with Gasteiger partial charge >= 0.3 is 0 Å². The van der Waals surface area contributed by atoms with E-state index in [-0.39, 0.29) is 17.2 Å². The molecular formula is C23H23N3O2. The van der Waals surface area contributed by atoms with E-state index in [2.05, 4.69) is 15.8 Å². The normalized spacial score (nSPS) is 15.5. The number of nitrogens with zero attached hydrogens (tertiary/aromatic N) is 1. The van der Waals surface area contributed by atoms with Gasteiger partial charge in [0.05, 0.1) is 11.3 Å². The molecule has 5 heteroatoms. The van der Waals surface area contributed by atoms with Crippen LogP contribution in [-0.2, 0) is 0 Å². The van der Waals surface area contributed by atoms with Crippen LogP contribution in [0.15, 0.2) is 71.8 Å². The van der Waals surface area contributed by atoms with E-state index >= 15 is 0 Å². The number of fused-ring (bicyclic) bond motifs is 1. The summed E-state index contributed by atoms with van der Waals surface area (Å²) in [7, 11) is 0. The van der Waals surface area contributed by atoms with E-state index in [1.165, 1.54) is 0 Å². The van der Waals surface area contributed by atoms with Crippen molar-refractivity contribution in [1.29, 1.82) is 0 Å². The first-order chi connectivity index (χ1) is 13.7. The molecule has 0 atom stereocenters. The average Bonchev–Trinajstić information content (AvgIpc) is 2.76. The van der Waals surface area contributed by atoms with Crippen LogP contribution in [0.25, 0.3) is 10.8 Å². The number of nitrogens with one attached hydrogen (secondary N) is 2. The Bertz CT molecular complexity index is 1010. The van der Waals surface area contributed by atoms with Gasteiger partial charge in [0.2, 0.25) is 0 Å². The van der Waals surface area contributed by atoms with Gasteiger partial charge in [-0.25, -0.2) is 5.43 Å². The first-order valence-electron chi connectivity index (χ1n) is 9.59. The van der Waals surface area contributed by atoms with Crippen LogP contribution in [0.1, 0.15) is 28.8 Å². The van der Waals surface area contributed by atoms with Crippen molar-refractivity contribution in [3.63, 3.8) is 0 Å². The molecule has 0 spiro atoms. The summed E-state index contributed by atoms with van der Waals surface area (Å²) in [5.74, 6) is -0.145. The maximum absolute atomic E-state index is 12.7. The molecule has 0 radical (unpaired) electrons. The molecule has 28 heavy (non-hydrogen) atoms. The van der Waals surface area contributed by atoms with Crippen LogP contribution in [0.3, 0.4) is 0 Å². The van der Waals surface area contributed by atoms with Crippen LogP contribution in [-0.4, -0.2) is 29.8 Å². The Morgan fingerprint density at radius 2 is 1.68 bits per heavy atom. The highest BCUT2D eigenvalue weighted by molar-refractivity contribution is 6.06. The number of hydrogen-bond acceptors (Lipinski definition) is 4. The quantitative estimate of drug-likeness (QED) is 0.482. The molecule has 5 nitrogen and oxygen atoms in total. The third-order valence-electron chi connectivity index (χ3n) is 5.22. The maximum Gasteiger partial charge on any atom is 0.275 e. The fraction of sp³-hybridized carbons (Fsp3) is 0.217. The average molecular weight is 373 g/mol. The molecule has 0 aromatic heterocycles. The van der Waals surface area contributed by atoms with E-state index in [0.717, 1.165) is 42.6 Å². The Hall–Kier alpha value is -3.18. The zero-order chi connectivity index (χ0) is 19.3. The number of amides is 1. The second-order valence-corrected chi connectivity index (χ2v) is 7.01. The van der Waals surface area contributed by atoms with Crippen molar-refractivity contribution in [2.75, 3.05) is 13.1 Å². The molecule has 0 aliphatic carbocycles. The van der Waals surface area contributed by atoms with E-state index in [0.29, 0.717) is 5.39 Å². The highest BCUT2D eigenvalue weighted by Gasteiger charge is 2.21. The Morgan fingerprint density at radius 1 is 0.964 bits per heavy atom. The number of hydrazone groups is 1. The van der Waals surface area contributed by atoms with Crippen molar-refractivity contribution in [3.05, 3.63) is 77.9 Å². The monoisotopic (exact) mass is 373 g/mol. The third-order valence-corrected chi connectivity index (χ3v) is 5.22. The molecule has 0 saturated carbocycles. The molecule has 3 aromatic rings. The third kappa shape index (κ3) is 3.75. The molecular weight excluding hydrogens is 350 g/mol. The van der Waals surface area contributed by atoms with Gasteiger partial charge in [-0.3, -0.25) is 4.79 Å². The van der Waals surface area contributed by atoms with E-state index < -0.39 is 5.91 Å². The van der Waals surface area contributed by atoms with Crippen molar-refractivity contribution in [2.24, 2.45) is 11.0 Å². The van der Waals surface area contributed by atoms with Gasteiger partial charge < -0.3 is 10.4 Å². The van der Waals surface area contributed by atoms with Crippen LogP contribution in [0.2, 0.25) is 0 Å². The zero-order valence-electron chi connectivity index (χ0n) is 15.6. The number of carbonyl (C=O) groups excluding carboxylic acids is 1. The largest absolute Gasteiger partial charge is 0.506 e. The Kier molecular flexibility index (Phi) is 5.35. The molecule has 1 aliphatic heterocycles. The minimum Gasteiger partial charge on any atom is -0.506 e. The van der Waals surface area contributed by atoms with Crippen LogP contribution >= 0.6 is 0 Å². The van der Waals surface area contributed by atoms with Crippen LogP contribution in [0, 0.1) is 5.92 Å². The number of rotatable bonds is 4. The fourth-order valence-corrected chi connectivity index (χ4v) is 3.71. The highest BCUT2D eigenvalue weighted by Crippen LogP contribution is 2.28. The zero-order valence-corrected chi connectivity index (χ0v) is 15.6. The van der Waals surface area contributed by atoms with E-state index in [4.69, 9.17) is 0 Å². The summed E-state index contributed by atoms with van der Waals surface area (Å²) in [6.07, 6.45) is 1.95. The van der Waals surface area contributed by atoms with Crippen molar-refractivity contribution in [2.45, 2.75) is 12.8 Å². The van der Waals surface area contributed by atoms with Crippen molar-refractivity contribution < 1.29 is 9.90 Å². The highest BCUT2D eigenvalue weighted by atomic mass is 16.3. The fourth-order valence-electron chi connectivity index (χ4n) is 3.71. The SMILES string of the molecule is O=C(NN=C(c1ccccc1)C1CCNCC1)c1ccc2ccccc2c1O. The van der Waals surface area contributed by atoms with Crippen molar-refractivity contribution in [3.8, 4) is 5.75 Å². The molecule has 1 fully saturated rings. The van der Waals surface area contributed by atoms with Gasteiger partial charge in [0, 0.05) is 11.3 Å². The first-order valence-corrected chi connectivity index (χ1v) is 9.59. The molecule has 1 heterocycles. The lowest BCUT2D eigenvalue weighted by atomic mass is 9.89. The number of phenolic OH excluding ortho intramolecular Hbond substituents is 1. The Morgan fingerprint density at radius 3 is 2.46 bits per heavy atom. The van der Waals surface area contributed by atoms with Gasteiger partial charge in [-0.05, 0) is 42.9 Å². The van der Waals surface area contributed by atoms with Crippen LogP contribution in [0.5, 0.6) is 5.75 Å². The summed E-state index contributed by atoms with van der Waals surface area (Å²) in [6.45, 7) is 1.88. The Labute approximate surface area is 164 Å². The Balaban J connectivity index is 1.63. The number of phenols is 1.